The molecule has 1 heterocycles. The van der Waals surface area contributed by atoms with Crippen LogP contribution in [0.4, 0.5) is 13.2 Å². The minimum atomic E-state index is -1.53. The maximum Gasteiger partial charge on any atom is 0.135 e. The summed E-state index contributed by atoms with van der Waals surface area (Å²) < 4.78 is 40.5. The number of hydrogen-bond donors (Lipinski definition) is 1. The van der Waals surface area contributed by atoms with Crippen molar-refractivity contribution in [3.8, 4) is 0 Å². The molecule has 0 saturated carbocycles. The Hall–Kier alpha value is -2.40. The van der Waals surface area contributed by atoms with Crippen LogP contribution in [0, 0.1) is 17.5 Å². The van der Waals surface area contributed by atoms with Crippen molar-refractivity contribution in [3.05, 3.63) is 77.4 Å². The minimum absolute atomic E-state index is 0.333. The van der Waals surface area contributed by atoms with E-state index in [4.69, 9.17) is 0 Å². The summed E-state index contributed by atoms with van der Waals surface area (Å²) in [4.78, 5) is 3.95. The number of aromatic nitrogens is 1. The molecule has 5 heteroatoms. The lowest BCUT2D eigenvalue weighted by Crippen LogP contribution is -2.07. The molecule has 0 radical (unpaired) electrons. The van der Waals surface area contributed by atoms with Crippen LogP contribution in [0.15, 0.2) is 48.8 Å². The van der Waals surface area contributed by atoms with Gasteiger partial charge in [-0.05, 0) is 17.0 Å². The molecule has 106 valence electrons. The predicted octanol–water partition coefficient (Wildman–Crippen LogP) is 3.73. The highest BCUT2D eigenvalue weighted by atomic mass is 19.1. The Kier molecular flexibility index (Phi) is 3.35. The van der Waals surface area contributed by atoms with Crippen molar-refractivity contribution in [2.45, 2.75) is 6.10 Å². The van der Waals surface area contributed by atoms with E-state index >= 15 is 0 Å². The minimum Gasteiger partial charge on any atom is -0.383 e. The number of aliphatic hydroxyl groups excluding tert-OH is 1. The summed E-state index contributed by atoms with van der Waals surface area (Å²) in [5, 5.41) is 11.7. The van der Waals surface area contributed by atoms with E-state index in [-0.39, 0.29) is 0 Å². The summed E-state index contributed by atoms with van der Waals surface area (Å²) >= 11 is 0. The van der Waals surface area contributed by atoms with Gasteiger partial charge in [0.25, 0.3) is 0 Å². The van der Waals surface area contributed by atoms with Crippen molar-refractivity contribution in [2.24, 2.45) is 0 Å². The number of rotatable bonds is 2. The Morgan fingerprint density at radius 2 is 1.71 bits per heavy atom. The van der Waals surface area contributed by atoms with Crippen LogP contribution in [0.25, 0.3) is 10.8 Å². The number of hydrogen-bond acceptors (Lipinski definition) is 2. The first-order valence-electron chi connectivity index (χ1n) is 6.23. The first-order valence-corrected chi connectivity index (χ1v) is 6.23. The summed E-state index contributed by atoms with van der Waals surface area (Å²) in [7, 11) is 0. The molecule has 3 rings (SSSR count). The molecule has 1 aromatic heterocycles. The van der Waals surface area contributed by atoms with Crippen LogP contribution in [-0.2, 0) is 0 Å². The molecule has 0 fully saturated rings. The van der Waals surface area contributed by atoms with Gasteiger partial charge in [-0.3, -0.25) is 4.98 Å². The van der Waals surface area contributed by atoms with Gasteiger partial charge < -0.3 is 5.11 Å². The maximum absolute atomic E-state index is 13.8. The molecule has 2 aromatic carbocycles. The quantitative estimate of drug-likeness (QED) is 0.779. The van der Waals surface area contributed by atoms with Crippen molar-refractivity contribution in [1.82, 2.24) is 4.98 Å². The van der Waals surface area contributed by atoms with Crippen LogP contribution in [0.2, 0.25) is 0 Å². The van der Waals surface area contributed by atoms with E-state index in [1.54, 1.807) is 30.5 Å². The lowest BCUT2D eigenvalue weighted by molar-refractivity contribution is 0.210. The van der Waals surface area contributed by atoms with E-state index < -0.39 is 29.1 Å². The molecule has 2 nitrogen and oxygen atoms in total. The molecular formula is C16H10F3NO. The highest BCUT2D eigenvalue weighted by Crippen LogP contribution is 2.31. The van der Waals surface area contributed by atoms with Crippen LogP contribution < -0.4 is 0 Å². The monoisotopic (exact) mass is 289 g/mol. The second-order valence-electron chi connectivity index (χ2n) is 4.63. The van der Waals surface area contributed by atoms with Gasteiger partial charge in [-0.1, -0.05) is 18.2 Å². The largest absolute Gasteiger partial charge is 0.383 e. The molecule has 0 amide bonds. The van der Waals surface area contributed by atoms with Crippen LogP contribution in [0.3, 0.4) is 0 Å². The standard InChI is InChI=1S/C16H10F3NO/c17-10-6-13(18)15(14(19)7-10)16(21)12-3-1-2-9-8-20-5-4-11(9)12/h1-8,16,21H. The summed E-state index contributed by atoms with van der Waals surface area (Å²) in [6, 6.07) is 7.74. The molecule has 0 saturated heterocycles. The molecule has 0 spiro atoms. The zero-order chi connectivity index (χ0) is 15.0. The van der Waals surface area contributed by atoms with Gasteiger partial charge in [0.1, 0.15) is 23.6 Å². The molecule has 1 unspecified atom stereocenters. The SMILES string of the molecule is OC(c1c(F)cc(F)cc1F)c1cccc2cnccc12. The number of fused-ring (bicyclic) bond motifs is 1. The van der Waals surface area contributed by atoms with E-state index in [2.05, 4.69) is 4.98 Å². The predicted molar refractivity (Wildman–Crippen MR) is 72.1 cm³/mol. The van der Waals surface area contributed by atoms with Gasteiger partial charge >= 0.3 is 0 Å². The highest BCUT2D eigenvalue weighted by Gasteiger charge is 2.22. The van der Waals surface area contributed by atoms with Crippen molar-refractivity contribution < 1.29 is 18.3 Å². The molecule has 0 aliphatic rings. The third kappa shape index (κ3) is 2.36. The second-order valence-corrected chi connectivity index (χ2v) is 4.63. The van der Waals surface area contributed by atoms with E-state index in [9.17, 15) is 18.3 Å². The van der Waals surface area contributed by atoms with Crippen molar-refractivity contribution in [2.75, 3.05) is 0 Å². The van der Waals surface area contributed by atoms with E-state index in [0.29, 0.717) is 23.1 Å². The third-order valence-corrected chi connectivity index (χ3v) is 3.33. The zero-order valence-corrected chi connectivity index (χ0v) is 10.7. The van der Waals surface area contributed by atoms with E-state index in [0.717, 1.165) is 5.39 Å². The first kappa shape index (κ1) is 13.6. The van der Waals surface area contributed by atoms with Gasteiger partial charge in [0.15, 0.2) is 0 Å². The average molecular weight is 289 g/mol. The molecule has 0 aliphatic heterocycles. The lowest BCUT2D eigenvalue weighted by atomic mass is 9.96. The highest BCUT2D eigenvalue weighted by molar-refractivity contribution is 5.85. The Balaban J connectivity index is 2.20. The van der Waals surface area contributed by atoms with E-state index in [1.807, 2.05) is 0 Å². The molecular weight excluding hydrogens is 279 g/mol. The fraction of sp³-hybridized carbons (Fsp3) is 0.0625. The lowest BCUT2D eigenvalue weighted by Gasteiger charge is -2.15. The average Bonchev–Trinajstić information content (AvgIpc) is 2.45. The van der Waals surface area contributed by atoms with Crippen molar-refractivity contribution >= 4 is 10.8 Å². The topological polar surface area (TPSA) is 33.1 Å². The van der Waals surface area contributed by atoms with Crippen LogP contribution in [-0.4, -0.2) is 10.1 Å². The fourth-order valence-corrected chi connectivity index (χ4v) is 2.36. The number of nitrogens with zero attached hydrogens (tertiary/aromatic N) is 1. The maximum atomic E-state index is 13.8. The number of halogens is 3. The van der Waals surface area contributed by atoms with Crippen LogP contribution >= 0.6 is 0 Å². The summed E-state index contributed by atoms with van der Waals surface area (Å²) in [5.74, 6) is -3.26. The molecule has 1 atom stereocenters. The second kappa shape index (κ2) is 5.18. The van der Waals surface area contributed by atoms with Gasteiger partial charge in [0.05, 0.1) is 5.56 Å². The number of benzene rings is 2. The summed E-state index contributed by atoms with van der Waals surface area (Å²) in [6.07, 6.45) is 1.58. The van der Waals surface area contributed by atoms with Gasteiger partial charge in [0, 0.05) is 29.9 Å². The Morgan fingerprint density at radius 1 is 1.00 bits per heavy atom. The summed E-state index contributed by atoms with van der Waals surface area (Å²) in [6.45, 7) is 0. The number of aliphatic hydroxyl groups is 1. The van der Waals surface area contributed by atoms with Gasteiger partial charge in [0.2, 0.25) is 0 Å². The van der Waals surface area contributed by atoms with E-state index in [1.165, 1.54) is 6.20 Å². The van der Waals surface area contributed by atoms with Crippen LogP contribution in [0.5, 0.6) is 0 Å². The number of pyridine rings is 1. The zero-order valence-electron chi connectivity index (χ0n) is 10.7. The van der Waals surface area contributed by atoms with Gasteiger partial charge in [-0.2, -0.15) is 0 Å². The molecule has 1 N–H and O–H groups in total. The molecule has 0 aliphatic carbocycles. The van der Waals surface area contributed by atoms with Crippen molar-refractivity contribution in [1.29, 1.82) is 0 Å². The smallest absolute Gasteiger partial charge is 0.135 e. The third-order valence-electron chi connectivity index (χ3n) is 3.33. The summed E-state index contributed by atoms with van der Waals surface area (Å²) in [5.41, 5.74) is -0.236. The molecule has 3 aromatic rings. The Bertz CT molecular complexity index is 791. The van der Waals surface area contributed by atoms with Gasteiger partial charge in [-0.15, -0.1) is 0 Å². The normalized spacial score (nSPS) is 12.6. The molecule has 21 heavy (non-hydrogen) atoms. The first-order chi connectivity index (χ1) is 10.1. The Morgan fingerprint density at radius 3 is 2.43 bits per heavy atom. The van der Waals surface area contributed by atoms with Crippen LogP contribution in [0.1, 0.15) is 17.2 Å². The fourth-order valence-electron chi connectivity index (χ4n) is 2.36. The Labute approximate surface area is 118 Å². The van der Waals surface area contributed by atoms with Gasteiger partial charge in [-0.25, -0.2) is 13.2 Å². The van der Waals surface area contributed by atoms with Crippen molar-refractivity contribution in [3.63, 3.8) is 0 Å². The molecule has 0 bridgehead atoms.